The molecule has 2 aliphatic heterocycles. The Kier molecular flexibility index (Phi) is 6.08. The van der Waals surface area contributed by atoms with Crippen LogP contribution in [-0.4, -0.2) is 61.3 Å². The molecule has 0 saturated carbocycles. The topological polar surface area (TPSA) is 108 Å². The summed E-state index contributed by atoms with van der Waals surface area (Å²) in [4.78, 5) is 36.4. The number of carbonyl (C=O) groups excluding carboxylic acids is 3. The molecule has 8 nitrogen and oxygen atoms in total. The monoisotopic (exact) mass is 375 g/mol. The van der Waals surface area contributed by atoms with E-state index in [1.165, 1.54) is 6.92 Å². The number of benzene rings is 1. The zero-order valence-electron chi connectivity index (χ0n) is 15.3. The number of nitrogens with one attached hydrogen (secondary N) is 2. The van der Waals surface area contributed by atoms with Crippen LogP contribution in [0.2, 0.25) is 0 Å². The van der Waals surface area contributed by atoms with Crippen molar-refractivity contribution in [3.63, 3.8) is 0 Å². The Morgan fingerprint density at radius 1 is 1.33 bits per heavy atom. The van der Waals surface area contributed by atoms with Crippen LogP contribution in [0, 0.1) is 0 Å². The predicted octanol–water partition coefficient (Wildman–Crippen LogP) is 0.545. The van der Waals surface area contributed by atoms with Crippen LogP contribution >= 0.6 is 0 Å². The molecule has 2 aliphatic rings. The summed E-state index contributed by atoms with van der Waals surface area (Å²) in [5, 5.41) is 14.9. The van der Waals surface area contributed by atoms with Gasteiger partial charge in [-0.15, -0.1) is 0 Å². The van der Waals surface area contributed by atoms with Crippen molar-refractivity contribution in [1.82, 2.24) is 10.6 Å². The third kappa shape index (κ3) is 4.64. The van der Waals surface area contributed by atoms with E-state index in [0.29, 0.717) is 19.5 Å². The Bertz CT molecular complexity index is 706. The molecule has 0 spiro atoms. The predicted molar refractivity (Wildman–Crippen MR) is 98.6 cm³/mol. The molecule has 0 bridgehead atoms. The molecule has 0 aromatic heterocycles. The van der Waals surface area contributed by atoms with E-state index in [1.807, 2.05) is 24.3 Å². The van der Waals surface area contributed by atoms with E-state index >= 15 is 0 Å². The lowest BCUT2D eigenvalue weighted by Crippen LogP contribution is -2.44. The van der Waals surface area contributed by atoms with E-state index in [4.69, 9.17) is 9.84 Å². The van der Waals surface area contributed by atoms with E-state index in [0.717, 1.165) is 24.2 Å². The molecular formula is C19H25N3O5. The Labute approximate surface area is 157 Å². The molecule has 3 rings (SSSR count). The number of piperidine rings is 1. The maximum absolute atomic E-state index is 12.1. The number of aliphatic hydroxyl groups excluding tert-OH is 1. The Morgan fingerprint density at radius 2 is 2.07 bits per heavy atom. The van der Waals surface area contributed by atoms with E-state index in [-0.39, 0.29) is 29.8 Å². The number of nitrogens with zero attached hydrogens (tertiary/aromatic N) is 1. The summed E-state index contributed by atoms with van der Waals surface area (Å²) in [5.41, 5.74) is 1.85. The summed E-state index contributed by atoms with van der Waals surface area (Å²) in [5.74, 6) is -0.103. The number of aliphatic hydroxyl groups is 1. The zero-order valence-corrected chi connectivity index (χ0v) is 15.3. The second-order valence-electron chi connectivity index (χ2n) is 7.00. The molecule has 3 atom stereocenters. The number of Topliss-reactive ketones (excluding diaryl/α,β-unsaturated/α-hetero) is 1. The summed E-state index contributed by atoms with van der Waals surface area (Å²) in [6.07, 6.45) is 0.784. The molecule has 3 N–H and O–H groups in total. The van der Waals surface area contributed by atoms with Crippen molar-refractivity contribution in [1.29, 1.82) is 0 Å². The zero-order chi connectivity index (χ0) is 19.4. The van der Waals surface area contributed by atoms with Crippen LogP contribution in [0.25, 0.3) is 0 Å². The number of anilines is 1. The van der Waals surface area contributed by atoms with Gasteiger partial charge in [0.25, 0.3) is 0 Å². The first kappa shape index (κ1) is 19.3. The van der Waals surface area contributed by atoms with Crippen molar-refractivity contribution < 1.29 is 24.2 Å². The molecule has 2 saturated heterocycles. The first-order valence-electron chi connectivity index (χ1n) is 9.17. The number of hydrogen-bond acceptors (Lipinski definition) is 6. The standard InChI is InChI=1S/C19H25N3O5/c1-12(24)21-9-16-10-22(19(26)27-16)15-4-2-13(3-5-15)14-6-7-20-17(8-14)18(25)11-23/h2-5,14,16-17,20,23H,6-11H2,1H3,(H,21,24)/t14-,16-,17-/m0/s1. The molecule has 2 heterocycles. The molecule has 146 valence electrons. The Hall–Kier alpha value is -2.45. The molecule has 27 heavy (non-hydrogen) atoms. The molecule has 0 radical (unpaired) electrons. The van der Waals surface area contributed by atoms with Crippen LogP contribution in [0.4, 0.5) is 10.5 Å². The Balaban J connectivity index is 1.62. The van der Waals surface area contributed by atoms with Gasteiger partial charge in [0, 0.05) is 12.6 Å². The summed E-state index contributed by atoms with van der Waals surface area (Å²) in [7, 11) is 0. The molecule has 0 unspecified atom stereocenters. The van der Waals surface area contributed by atoms with E-state index < -0.39 is 12.7 Å². The highest BCUT2D eigenvalue weighted by atomic mass is 16.6. The smallest absolute Gasteiger partial charge is 0.414 e. The average Bonchev–Trinajstić information content (AvgIpc) is 3.06. The second kappa shape index (κ2) is 8.49. The summed E-state index contributed by atoms with van der Waals surface area (Å²) in [6.45, 7) is 2.39. The number of carbonyl (C=O) groups is 3. The van der Waals surface area contributed by atoms with Crippen molar-refractivity contribution in [2.45, 2.75) is 37.8 Å². The largest absolute Gasteiger partial charge is 0.442 e. The highest BCUT2D eigenvalue weighted by Gasteiger charge is 2.32. The lowest BCUT2D eigenvalue weighted by atomic mass is 9.85. The highest BCUT2D eigenvalue weighted by Crippen LogP contribution is 2.30. The van der Waals surface area contributed by atoms with Crippen LogP contribution in [0.1, 0.15) is 31.2 Å². The number of ether oxygens (including phenoxy) is 1. The van der Waals surface area contributed by atoms with Crippen molar-refractivity contribution in [3.05, 3.63) is 29.8 Å². The number of rotatable bonds is 6. The van der Waals surface area contributed by atoms with Crippen molar-refractivity contribution in [2.24, 2.45) is 0 Å². The lowest BCUT2D eigenvalue weighted by molar-refractivity contribution is -0.124. The fourth-order valence-corrected chi connectivity index (χ4v) is 3.60. The van der Waals surface area contributed by atoms with Gasteiger partial charge < -0.3 is 20.5 Å². The summed E-state index contributed by atoms with van der Waals surface area (Å²) >= 11 is 0. The first-order valence-corrected chi connectivity index (χ1v) is 9.17. The van der Waals surface area contributed by atoms with Gasteiger partial charge in [0.15, 0.2) is 5.78 Å². The molecule has 1 aromatic rings. The summed E-state index contributed by atoms with van der Waals surface area (Å²) in [6, 6.07) is 7.39. The molecule has 2 fully saturated rings. The van der Waals surface area contributed by atoms with Crippen molar-refractivity contribution in [3.8, 4) is 0 Å². The van der Waals surface area contributed by atoms with Gasteiger partial charge in [0.2, 0.25) is 5.91 Å². The number of hydrogen-bond donors (Lipinski definition) is 3. The van der Waals surface area contributed by atoms with Gasteiger partial charge in [-0.05, 0) is 43.0 Å². The van der Waals surface area contributed by atoms with Gasteiger partial charge in [0.1, 0.15) is 12.7 Å². The van der Waals surface area contributed by atoms with Gasteiger partial charge in [0.05, 0.1) is 19.1 Å². The van der Waals surface area contributed by atoms with Crippen LogP contribution in [0.15, 0.2) is 24.3 Å². The van der Waals surface area contributed by atoms with E-state index in [1.54, 1.807) is 4.90 Å². The van der Waals surface area contributed by atoms with Gasteiger partial charge in [-0.2, -0.15) is 0 Å². The fraction of sp³-hybridized carbons (Fsp3) is 0.526. The van der Waals surface area contributed by atoms with Gasteiger partial charge in [-0.1, -0.05) is 12.1 Å². The summed E-state index contributed by atoms with van der Waals surface area (Å²) < 4.78 is 5.28. The SMILES string of the molecule is CC(=O)NC[C@H]1CN(c2ccc([C@H]3CCN[C@H](C(=O)CO)C3)cc2)C(=O)O1. The first-order chi connectivity index (χ1) is 13.0. The van der Waals surface area contributed by atoms with Crippen LogP contribution in [-0.2, 0) is 14.3 Å². The molecule has 0 aliphatic carbocycles. The maximum Gasteiger partial charge on any atom is 0.414 e. The number of cyclic esters (lactones) is 1. The third-order valence-electron chi connectivity index (χ3n) is 5.08. The quantitative estimate of drug-likeness (QED) is 0.670. The van der Waals surface area contributed by atoms with E-state index in [9.17, 15) is 14.4 Å². The van der Waals surface area contributed by atoms with E-state index in [2.05, 4.69) is 10.6 Å². The minimum Gasteiger partial charge on any atom is -0.442 e. The van der Waals surface area contributed by atoms with Crippen LogP contribution in [0.3, 0.4) is 0 Å². The third-order valence-corrected chi connectivity index (χ3v) is 5.08. The highest BCUT2D eigenvalue weighted by molar-refractivity contribution is 5.90. The molecule has 8 heteroatoms. The number of ketones is 1. The molecule has 1 aromatic carbocycles. The molecule has 2 amide bonds. The second-order valence-corrected chi connectivity index (χ2v) is 7.00. The maximum atomic E-state index is 12.1. The van der Waals surface area contributed by atoms with Gasteiger partial charge in [-0.25, -0.2) is 4.79 Å². The van der Waals surface area contributed by atoms with Crippen LogP contribution in [0.5, 0.6) is 0 Å². The number of amides is 2. The van der Waals surface area contributed by atoms with Gasteiger partial charge >= 0.3 is 6.09 Å². The Morgan fingerprint density at radius 3 is 2.74 bits per heavy atom. The minimum absolute atomic E-state index is 0.159. The normalized spacial score (nSPS) is 25.2. The lowest BCUT2D eigenvalue weighted by Gasteiger charge is -2.29. The average molecular weight is 375 g/mol. The minimum atomic E-state index is -0.444. The van der Waals surface area contributed by atoms with Crippen LogP contribution < -0.4 is 15.5 Å². The van der Waals surface area contributed by atoms with Crippen molar-refractivity contribution >= 4 is 23.5 Å². The van der Waals surface area contributed by atoms with Gasteiger partial charge in [-0.3, -0.25) is 14.5 Å². The molecular weight excluding hydrogens is 350 g/mol. The fourth-order valence-electron chi connectivity index (χ4n) is 3.60. The van der Waals surface area contributed by atoms with Crippen molar-refractivity contribution in [2.75, 3.05) is 31.1 Å².